The number of ketones is 1. The van der Waals surface area contributed by atoms with Gasteiger partial charge in [0.1, 0.15) is 5.78 Å². The molecule has 0 aliphatic heterocycles. The van der Waals surface area contributed by atoms with Crippen molar-refractivity contribution in [2.45, 2.75) is 39.5 Å². The molecule has 0 saturated heterocycles. The molecule has 4 nitrogen and oxygen atoms in total. The van der Waals surface area contributed by atoms with Gasteiger partial charge in [0.25, 0.3) is 5.69 Å². The molecule has 2 atom stereocenters. The lowest BCUT2D eigenvalue weighted by Gasteiger charge is -2.30. The molecule has 1 aliphatic rings. The van der Waals surface area contributed by atoms with Gasteiger partial charge in [0.05, 0.1) is 4.92 Å². The maximum atomic E-state index is 12.1. The molecule has 0 radical (unpaired) electrons. The number of nitro groups is 1. The summed E-state index contributed by atoms with van der Waals surface area (Å²) in [6, 6.07) is 4.78. The van der Waals surface area contributed by atoms with Gasteiger partial charge in [-0.25, -0.2) is 0 Å². The van der Waals surface area contributed by atoms with E-state index in [1.807, 2.05) is 0 Å². The monoisotopic (exact) mass is 353 g/mol. The molecule has 1 aromatic rings. The highest BCUT2D eigenvalue weighted by molar-refractivity contribution is 9.10. The Hall–Kier alpha value is -1.23. The van der Waals surface area contributed by atoms with Crippen LogP contribution in [0.3, 0.4) is 0 Å². The summed E-state index contributed by atoms with van der Waals surface area (Å²) in [6.07, 6.45) is 3.26. The van der Waals surface area contributed by atoms with Crippen LogP contribution < -0.4 is 0 Å². The van der Waals surface area contributed by atoms with Gasteiger partial charge in [-0.3, -0.25) is 14.9 Å². The van der Waals surface area contributed by atoms with Crippen molar-refractivity contribution in [1.82, 2.24) is 0 Å². The Balaban J connectivity index is 2.13. The molecular weight excluding hydrogens is 334 g/mol. The molecule has 1 aliphatic carbocycles. The Labute approximate surface area is 133 Å². The quantitative estimate of drug-likeness (QED) is 0.589. The zero-order valence-electron chi connectivity index (χ0n) is 12.3. The van der Waals surface area contributed by atoms with Crippen molar-refractivity contribution < 1.29 is 9.72 Å². The smallest absolute Gasteiger partial charge is 0.270 e. The second kappa shape index (κ2) is 6.69. The minimum absolute atomic E-state index is 0.0453. The lowest BCUT2D eigenvalue weighted by Crippen LogP contribution is -2.29. The predicted molar refractivity (Wildman–Crippen MR) is 85.2 cm³/mol. The summed E-state index contributed by atoms with van der Waals surface area (Å²) in [4.78, 5) is 22.5. The Morgan fingerprint density at radius 2 is 2.14 bits per heavy atom. The first-order valence-electron chi connectivity index (χ1n) is 7.34. The van der Waals surface area contributed by atoms with Crippen LogP contribution in [0.2, 0.25) is 0 Å². The van der Waals surface area contributed by atoms with Crippen molar-refractivity contribution in [1.29, 1.82) is 0 Å². The third-order valence-corrected chi connectivity index (χ3v) is 5.20. The van der Waals surface area contributed by atoms with Gasteiger partial charge in [-0.1, -0.05) is 35.8 Å². The second-order valence-electron chi connectivity index (χ2n) is 6.18. The molecule has 0 amide bonds. The fraction of sp³-hybridized carbons (Fsp3) is 0.562. The number of benzene rings is 1. The van der Waals surface area contributed by atoms with E-state index in [2.05, 4.69) is 29.8 Å². The molecule has 0 aromatic heterocycles. The summed E-state index contributed by atoms with van der Waals surface area (Å²) in [7, 11) is 0. The number of carbonyl (C=O) groups excluding carboxylic acids is 1. The summed E-state index contributed by atoms with van der Waals surface area (Å²) in [6.45, 7) is 4.42. The Kier molecular flexibility index (Phi) is 5.14. The summed E-state index contributed by atoms with van der Waals surface area (Å²) in [5.74, 6) is 1.58. The van der Waals surface area contributed by atoms with Gasteiger partial charge in [-0.2, -0.15) is 0 Å². The number of hydrogen-bond donors (Lipinski definition) is 0. The zero-order chi connectivity index (χ0) is 15.6. The summed E-state index contributed by atoms with van der Waals surface area (Å²) in [5, 5.41) is 10.8. The molecule has 0 bridgehead atoms. The van der Waals surface area contributed by atoms with Crippen LogP contribution >= 0.6 is 15.9 Å². The van der Waals surface area contributed by atoms with E-state index in [0.717, 1.165) is 22.9 Å². The number of rotatable bonds is 4. The van der Waals surface area contributed by atoms with E-state index in [4.69, 9.17) is 0 Å². The minimum Gasteiger partial charge on any atom is -0.299 e. The molecule has 114 valence electrons. The molecule has 1 aromatic carbocycles. The zero-order valence-corrected chi connectivity index (χ0v) is 13.9. The van der Waals surface area contributed by atoms with Crippen LogP contribution in [0.5, 0.6) is 0 Å². The highest BCUT2D eigenvalue weighted by atomic mass is 79.9. The van der Waals surface area contributed by atoms with Gasteiger partial charge in [0.15, 0.2) is 0 Å². The van der Waals surface area contributed by atoms with E-state index >= 15 is 0 Å². The number of nitrogens with zero attached hydrogens (tertiary/aromatic N) is 1. The van der Waals surface area contributed by atoms with E-state index in [-0.39, 0.29) is 11.6 Å². The molecule has 0 spiro atoms. The summed E-state index contributed by atoms with van der Waals surface area (Å²) >= 11 is 3.39. The number of non-ortho nitro benzene ring substituents is 1. The summed E-state index contributed by atoms with van der Waals surface area (Å²) < 4.78 is 0.719. The average Bonchev–Trinajstić information content (AvgIpc) is 2.42. The van der Waals surface area contributed by atoms with E-state index in [1.54, 1.807) is 6.07 Å². The maximum Gasteiger partial charge on any atom is 0.270 e. The number of hydrogen-bond acceptors (Lipinski definition) is 3. The fourth-order valence-electron chi connectivity index (χ4n) is 3.03. The van der Waals surface area contributed by atoms with Gasteiger partial charge in [0.2, 0.25) is 0 Å². The molecule has 1 fully saturated rings. The first-order chi connectivity index (χ1) is 9.88. The third-order valence-electron chi connectivity index (χ3n) is 4.46. The molecule has 21 heavy (non-hydrogen) atoms. The molecule has 0 N–H and O–H groups in total. The van der Waals surface area contributed by atoms with Gasteiger partial charge < -0.3 is 0 Å². The first kappa shape index (κ1) is 16.1. The fourth-order valence-corrected chi connectivity index (χ4v) is 3.56. The number of halogens is 1. The van der Waals surface area contributed by atoms with Crippen LogP contribution in [0.25, 0.3) is 0 Å². The topological polar surface area (TPSA) is 60.2 Å². The van der Waals surface area contributed by atoms with E-state index in [9.17, 15) is 14.9 Å². The lowest BCUT2D eigenvalue weighted by molar-refractivity contribution is -0.384. The number of nitro benzene ring substituents is 1. The Morgan fingerprint density at radius 1 is 1.43 bits per heavy atom. The van der Waals surface area contributed by atoms with Crippen molar-refractivity contribution in [2.75, 3.05) is 0 Å². The van der Waals surface area contributed by atoms with Crippen LogP contribution in [0.15, 0.2) is 22.7 Å². The van der Waals surface area contributed by atoms with Crippen molar-refractivity contribution in [2.24, 2.45) is 17.8 Å². The van der Waals surface area contributed by atoms with E-state index < -0.39 is 4.92 Å². The SMILES string of the molecule is CC(C)C1CCC(=O)C(Cc2ccc([N+](=O)[O-])cc2Br)C1. The third kappa shape index (κ3) is 3.90. The Morgan fingerprint density at radius 3 is 2.71 bits per heavy atom. The van der Waals surface area contributed by atoms with Gasteiger partial charge >= 0.3 is 0 Å². The number of carbonyl (C=O) groups is 1. The first-order valence-corrected chi connectivity index (χ1v) is 8.13. The minimum atomic E-state index is -0.408. The normalized spacial score (nSPS) is 22.6. The Bertz CT molecular complexity index is 556. The highest BCUT2D eigenvalue weighted by Gasteiger charge is 2.30. The van der Waals surface area contributed by atoms with Crippen molar-refractivity contribution in [3.05, 3.63) is 38.3 Å². The van der Waals surface area contributed by atoms with E-state index in [1.165, 1.54) is 12.1 Å². The van der Waals surface area contributed by atoms with Crippen LogP contribution in [0.1, 0.15) is 38.7 Å². The standard InChI is InChI=1S/C16H20BrNO3/c1-10(2)11-4-6-16(19)13(7-11)8-12-3-5-14(18(20)21)9-15(12)17/h3,5,9-11,13H,4,6-8H2,1-2H3. The molecule has 0 heterocycles. The second-order valence-corrected chi connectivity index (χ2v) is 7.03. The van der Waals surface area contributed by atoms with Crippen molar-refractivity contribution in [3.63, 3.8) is 0 Å². The van der Waals surface area contributed by atoms with E-state index in [0.29, 0.717) is 30.5 Å². The predicted octanol–water partition coefficient (Wildman–Crippen LogP) is 4.54. The van der Waals surface area contributed by atoms with Crippen LogP contribution in [0, 0.1) is 27.9 Å². The van der Waals surface area contributed by atoms with Crippen LogP contribution in [-0.4, -0.2) is 10.7 Å². The maximum absolute atomic E-state index is 12.1. The molecule has 2 rings (SSSR count). The average molecular weight is 354 g/mol. The molecule has 2 unspecified atom stereocenters. The molecular formula is C16H20BrNO3. The lowest BCUT2D eigenvalue weighted by atomic mass is 9.73. The van der Waals surface area contributed by atoms with Gasteiger partial charge in [0, 0.05) is 28.9 Å². The van der Waals surface area contributed by atoms with Crippen molar-refractivity contribution >= 4 is 27.4 Å². The molecule has 5 heteroatoms. The molecule has 1 saturated carbocycles. The van der Waals surface area contributed by atoms with Gasteiger partial charge in [-0.05, 0) is 36.7 Å². The summed E-state index contributed by atoms with van der Waals surface area (Å²) in [5.41, 5.74) is 1.05. The highest BCUT2D eigenvalue weighted by Crippen LogP contribution is 2.35. The largest absolute Gasteiger partial charge is 0.299 e. The van der Waals surface area contributed by atoms with Crippen molar-refractivity contribution in [3.8, 4) is 0 Å². The van der Waals surface area contributed by atoms with Crippen LogP contribution in [-0.2, 0) is 11.2 Å². The van der Waals surface area contributed by atoms with Gasteiger partial charge in [-0.15, -0.1) is 0 Å². The van der Waals surface area contributed by atoms with Crippen LogP contribution in [0.4, 0.5) is 5.69 Å². The number of Topliss-reactive ketones (excluding diaryl/α,β-unsaturated/α-hetero) is 1.